The second-order valence-electron chi connectivity index (χ2n) is 5.84. The lowest BCUT2D eigenvalue weighted by molar-refractivity contribution is 0.0857. The molecule has 25 heavy (non-hydrogen) atoms. The highest BCUT2D eigenvalue weighted by molar-refractivity contribution is 7.92. The molecule has 132 valence electrons. The highest BCUT2D eigenvalue weighted by Gasteiger charge is 2.18. The van der Waals surface area contributed by atoms with Crippen molar-refractivity contribution in [2.45, 2.75) is 23.8 Å². The van der Waals surface area contributed by atoms with E-state index >= 15 is 0 Å². The van der Waals surface area contributed by atoms with Crippen molar-refractivity contribution in [3.05, 3.63) is 60.2 Å². The Balaban J connectivity index is 1.63. The van der Waals surface area contributed by atoms with Gasteiger partial charge in [-0.3, -0.25) is 9.52 Å². The molecule has 0 aliphatic carbocycles. The molecule has 0 aromatic heterocycles. The quantitative estimate of drug-likeness (QED) is 0.828. The van der Waals surface area contributed by atoms with E-state index in [0.717, 1.165) is 19.4 Å². The number of rotatable bonds is 6. The molecule has 2 aromatic rings. The Morgan fingerprint density at radius 2 is 1.80 bits per heavy atom. The number of carbonyl (C=O) groups is 1. The van der Waals surface area contributed by atoms with Crippen LogP contribution in [0.15, 0.2) is 59.5 Å². The van der Waals surface area contributed by atoms with Crippen LogP contribution in [0.4, 0.5) is 5.69 Å². The van der Waals surface area contributed by atoms with Crippen molar-refractivity contribution in [1.29, 1.82) is 0 Å². The van der Waals surface area contributed by atoms with Crippen LogP contribution < -0.4 is 10.0 Å². The summed E-state index contributed by atoms with van der Waals surface area (Å²) < 4.78 is 32.7. The van der Waals surface area contributed by atoms with Gasteiger partial charge in [0.25, 0.3) is 15.9 Å². The summed E-state index contributed by atoms with van der Waals surface area (Å²) in [5, 5.41) is 2.81. The van der Waals surface area contributed by atoms with Gasteiger partial charge in [-0.25, -0.2) is 8.42 Å². The van der Waals surface area contributed by atoms with Crippen molar-refractivity contribution in [2.24, 2.45) is 0 Å². The van der Waals surface area contributed by atoms with E-state index in [-0.39, 0.29) is 16.9 Å². The first kappa shape index (κ1) is 17.4. The summed E-state index contributed by atoms with van der Waals surface area (Å²) in [5.74, 6) is -0.240. The van der Waals surface area contributed by atoms with Gasteiger partial charge >= 0.3 is 0 Å². The summed E-state index contributed by atoms with van der Waals surface area (Å²) in [6.07, 6.45) is 2.03. The number of sulfonamides is 1. The molecule has 1 saturated heterocycles. The Morgan fingerprint density at radius 1 is 1.08 bits per heavy atom. The van der Waals surface area contributed by atoms with Crippen molar-refractivity contribution in [3.63, 3.8) is 0 Å². The average Bonchev–Trinajstić information content (AvgIpc) is 3.14. The Bertz CT molecular complexity index is 814. The molecule has 2 aromatic carbocycles. The molecule has 1 aliphatic heterocycles. The molecule has 1 amide bonds. The van der Waals surface area contributed by atoms with E-state index in [2.05, 4.69) is 10.0 Å². The number of carbonyl (C=O) groups excluding carboxylic acids is 1. The van der Waals surface area contributed by atoms with Crippen LogP contribution in [0.25, 0.3) is 0 Å². The number of amides is 1. The Morgan fingerprint density at radius 3 is 2.44 bits per heavy atom. The molecule has 0 spiro atoms. The van der Waals surface area contributed by atoms with Gasteiger partial charge in [0.2, 0.25) is 0 Å². The average molecular weight is 360 g/mol. The fraction of sp³-hybridized carbons (Fsp3) is 0.278. The number of ether oxygens (including phenoxy) is 1. The van der Waals surface area contributed by atoms with Gasteiger partial charge < -0.3 is 10.1 Å². The van der Waals surface area contributed by atoms with Crippen molar-refractivity contribution in [2.75, 3.05) is 17.9 Å². The van der Waals surface area contributed by atoms with Crippen LogP contribution in [0.5, 0.6) is 0 Å². The molecule has 2 N–H and O–H groups in total. The van der Waals surface area contributed by atoms with Crippen LogP contribution in [0, 0.1) is 0 Å². The molecule has 0 bridgehead atoms. The third kappa shape index (κ3) is 4.58. The second kappa shape index (κ2) is 7.67. The monoisotopic (exact) mass is 360 g/mol. The normalized spacial score (nSPS) is 17.2. The molecule has 6 nitrogen and oxygen atoms in total. The van der Waals surface area contributed by atoms with E-state index in [4.69, 9.17) is 4.74 Å². The maximum Gasteiger partial charge on any atom is 0.261 e. The van der Waals surface area contributed by atoms with Crippen molar-refractivity contribution in [3.8, 4) is 0 Å². The summed E-state index contributed by atoms with van der Waals surface area (Å²) in [5.41, 5.74) is 0.901. The predicted octanol–water partition coefficient (Wildman–Crippen LogP) is 2.40. The largest absolute Gasteiger partial charge is 0.376 e. The Hall–Kier alpha value is -2.38. The molecule has 1 heterocycles. The summed E-state index contributed by atoms with van der Waals surface area (Å²) in [7, 11) is -3.68. The number of nitrogens with one attached hydrogen (secondary N) is 2. The van der Waals surface area contributed by atoms with Gasteiger partial charge in [-0.05, 0) is 49.2 Å². The minimum absolute atomic E-state index is 0.0682. The molecule has 0 radical (unpaired) electrons. The van der Waals surface area contributed by atoms with Gasteiger partial charge in [0.1, 0.15) is 0 Å². The number of anilines is 1. The maximum absolute atomic E-state index is 12.4. The molecule has 1 atom stereocenters. The fourth-order valence-electron chi connectivity index (χ4n) is 2.62. The van der Waals surface area contributed by atoms with Gasteiger partial charge in [0.15, 0.2) is 0 Å². The highest BCUT2D eigenvalue weighted by Crippen LogP contribution is 2.16. The van der Waals surface area contributed by atoms with E-state index in [1.807, 2.05) is 6.07 Å². The zero-order chi connectivity index (χ0) is 17.7. The van der Waals surface area contributed by atoms with Crippen molar-refractivity contribution < 1.29 is 17.9 Å². The number of para-hydroxylation sites is 1. The minimum atomic E-state index is -3.68. The van der Waals surface area contributed by atoms with Crippen molar-refractivity contribution in [1.82, 2.24) is 5.32 Å². The summed E-state index contributed by atoms with van der Waals surface area (Å²) in [4.78, 5) is 12.2. The lowest BCUT2D eigenvalue weighted by Gasteiger charge is -2.11. The Kier molecular flexibility index (Phi) is 5.35. The van der Waals surface area contributed by atoms with E-state index < -0.39 is 10.0 Å². The topological polar surface area (TPSA) is 84.5 Å². The van der Waals surface area contributed by atoms with Crippen LogP contribution >= 0.6 is 0 Å². The molecular formula is C18H20N2O4S. The lowest BCUT2D eigenvalue weighted by atomic mass is 10.2. The highest BCUT2D eigenvalue weighted by atomic mass is 32.2. The molecule has 1 fully saturated rings. The van der Waals surface area contributed by atoms with Gasteiger partial charge in [0, 0.05) is 24.4 Å². The molecular weight excluding hydrogens is 340 g/mol. The summed E-state index contributed by atoms with van der Waals surface area (Å²) in [6, 6.07) is 14.5. The SMILES string of the molecule is O=C(NC[C@@H]1CCCO1)c1ccc(S(=O)(=O)Nc2ccccc2)cc1. The minimum Gasteiger partial charge on any atom is -0.376 e. The summed E-state index contributed by atoms with van der Waals surface area (Å²) in [6.45, 7) is 1.20. The Labute approximate surface area is 147 Å². The van der Waals surface area contributed by atoms with Crippen LogP contribution in [0.1, 0.15) is 23.2 Å². The van der Waals surface area contributed by atoms with Gasteiger partial charge in [0.05, 0.1) is 11.0 Å². The third-order valence-corrected chi connectivity index (χ3v) is 5.36. The molecule has 0 saturated carbocycles. The van der Waals surface area contributed by atoms with E-state index in [0.29, 0.717) is 17.8 Å². The van der Waals surface area contributed by atoms with E-state index in [1.54, 1.807) is 24.3 Å². The second-order valence-corrected chi connectivity index (χ2v) is 7.52. The number of hydrogen-bond donors (Lipinski definition) is 2. The smallest absolute Gasteiger partial charge is 0.261 e. The van der Waals surface area contributed by atoms with E-state index in [1.165, 1.54) is 24.3 Å². The standard InChI is InChI=1S/C18H20N2O4S/c21-18(19-13-16-7-4-12-24-16)14-8-10-17(11-9-14)25(22,23)20-15-5-2-1-3-6-15/h1-3,5-6,8-11,16,20H,4,7,12-13H2,(H,19,21)/t16-/m0/s1. The maximum atomic E-state index is 12.4. The van der Waals surface area contributed by atoms with Gasteiger partial charge in [-0.15, -0.1) is 0 Å². The molecule has 0 unspecified atom stereocenters. The van der Waals surface area contributed by atoms with Crippen LogP contribution in [-0.4, -0.2) is 33.6 Å². The van der Waals surface area contributed by atoms with Gasteiger partial charge in [-0.2, -0.15) is 0 Å². The first-order valence-corrected chi connectivity index (χ1v) is 9.61. The first-order chi connectivity index (χ1) is 12.0. The molecule has 1 aliphatic rings. The zero-order valence-corrected chi connectivity index (χ0v) is 14.5. The van der Waals surface area contributed by atoms with Crippen LogP contribution in [0.2, 0.25) is 0 Å². The third-order valence-electron chi connectivity index (χ3n) is 3.97. The van der Waals surface area contributed by atoms with Crippen LogP contribution in [0.3, 0.4) is 0 Å². The number of benzene rings is 2. The lowest BCUT2D eigenvalue weighted by Crippen LogP contribution is -2.31. The first-order valence-electron chi connectivity index (χ1n) is 8.12. The fourth-order valence-corrected chi connectivity index (χ4v) is 3.68. The zero-order valence-electron chi connectivity index (χ0n) is 13.6. The van der Waals surface area contributed by atoms with Gasteiger partial charge in [-0.1, -0.05) is 18.2 Å². The predicted molar refractivity (Wildman–Crippen MR) is 95.0 cm³/mol. The molecule has 3 rings (SSSR count). The molecule has 7 heteroatoms. The van der Waals surface area contributed by atoms with E-state index in [9.17, 15) is 13.2 Å². The summed E-state index contributed by atoms with van der Waals surface area (Å²) >= 11 is 0. The number of hydrogen-bond acceptors (Lipinski definition) is 4. The van der Waals surface area contributed by atoms with Crippen LogP contribution in [-0.2, 0) is 14.8 Å². The van der Waals surface area contributed by atoms with Crippen molar-refractivity contribution >= 4 is 21.6 Å².